The summed E-state index contributed by atoms with van der Waals surface area (Å²) in [6.45, 7) is 10.9. The Balaban J connectivity index is 2.30. The van der Waals surface area contributed by atoms with Crippen LogP contribution in [0.25, 0.3) is 22.6 Å². The number of anilines is 1. The van der Waals surface area contributed by atoms with Gasteiger partial charge < -0.3 is 5.32 Å². The van der Waals surface area contributed by atoms with Gasteiger partial charge in [-0.3, -0.25) is 4.40 Å². The summed E-state index contributed by atoms with van der Waals surface area (Å²) in [6, 6.07) is 12.7. The van der Waals surface area contributed by atoms with Crippen LogP contribution in [-0.2, 0) is 0 Å². The van der Waals surface area contributed by atoms with E-state index in [-0.39, 0.29) is 5.54 Å². The third kappa shape index (κ3) is 3.24. The molecule has 3 rings (SSSR count). The van der Waals surface area contributed by atoms with E-state index in [4.69, 9.17) is 4.98 Å². The highest BCUT2D eigenvalue weighted by Crippen LogP contribution is 2.28. The van der Waals surface area contributed by atoms with Gasteiger partial charge in [-0.25, -0.2) is 4.98 Å². The molecule has 120 valence electrons. The molecule has 23 heavy (non-hydrogen) atoms. The van der Waals surface area contributed by atoms with Crippen LogP contribution >= 0.6 is 0 Å². The molecule has 0 saturated carbocycles. The van der Waals surface area contributed by atoms with Crippen molar-refractivity contribution in [2.24, 2.45) is 5.92 Å². The van der Waals surface area contributed by atoms with Crippen LogP contribution in [0.4, 0.5) is 5.82 Å². The predicted octanol–water partition coefficient (Wildman–Crippen LogP) is 5.37. The van der Waals surface area contributed by atoms with Crippen LogP contribution in [0.2, 0.25) is 0 Å². The second-order valence-corrected chi connectivity index (χ2v) is 7.41. The molecule has 0 amide bonds. The highest BCUT2D eigenvalue weighted by atomic mass is 15.2. The number of para-hydroxylation sites is 1. The number of aromatic nitrogens is 2. The maximum absolute atomic E-state index is 4.83. The van der Waals surface area contributed by atoms with Gasteiger partial charge in [0.2, 0.25) is 0 Å². The fourth-order valence-corrected chi connectivity index (χ4v) is 2.68. The molecular weight excluding hydrogens is 282 g/mol. The summed E-state index contributed by atoms with van der Waals surface area (Å²) in [5.41, 5.74) is 3.10. The number of rotatable bonds is 3. The molecule has 3 nitrogen and oxygen atoms in total. The zero-order valence-electron chi connectivity index (χ0n) is 14.6. The van der Waals surface area contributed by atoms with Crippen LogP contribution in [0.3, 0.4) is 0 Å². The number of nitrogens with one attached hydrogen (secondary N) is 1. The molecule has 0 spiro atoms. The SMILES string of the molecule is CC(C)/C=C/c1nc2ccc3ccccc3n2c1NC(C)(C)C. The van der Waals surface area contributed by atoms with Gasteiger partial charge in [-0.15, -0.1) is 0 Å². The van der Waals surface area contributed by atoms with E-state index in [0.29, 0.717) is 5.92 Å². The molecule has 1 N–H and O–H groups in total. The van der Waals surface area contributed by atoms with E-state index in [1.54, 1.807) is 0 Å². The van der Waals surface area contributed by atoms with Crippen molar-refractivity contribution in [1.29, 1.82) is 0 Å². The molecule has 0 aliphatic carbocycles. The van der Waals surface area contributed by atoms with Gasteiger partial charge in [-0.2, -0.15) is 0 Å². The lowest BCUT2D eigenvalue weighted by atomic mass is 10.1. The number of fused-ring (bicyclic) bond motifs is 3. The maximum atomic E-state index is 4.83. The topological polar surface area (TPSA) is 29.3 Å². The van der Waals surface area contributed by atoms with Crippen molar-refractivity contribution in [1.82, 2.24) is 9.38 Å². The smallest absolute Gasteiger partial charge is 0.139 e. The monoisotopic (exact) mass is 307 g/mol. The van der Waals surface area contributed by atoms with Crippen LogP contribution < -0.4 is 5.32 Å². The third-order valence-corrected chi connectivity index (χ3v) is 3.65. The summed E-state index contributed by atoms with van der Waals surface area (Å²) in [5, 5.41) is 4.85. The highest BCUT2D eigenvalue weighted by molar-refractivity contribution is 5.85. The minimum atomic E-state index is -0.0344. The minimum absolute atomic E-state index is 0.0344. The fraction of sp³-hybridized carbons (Fsp3) is 0.350. The Labute approximate surface area is 138 Å². The van der Waals surface area contributed by atoms with Crippen molar-refractivity contribution in [2.45, 2.75) is 40.2 Å². The van der Waals surface area contributed by atoms with Crippen LogP contribution in [-0.4, -0.2) is 14.9 Å². The standard InChI is InChI=1S/C20H25N3/c1-14(2)10-12-16-19(22-20(3,4)5)23-17-9-7-6-8-15(17)11-13-18(23)21-16/h6-14,22H,1-5H3/b12-10+. The first-order valence-electron chi connectivity index (χ1n) is 8.22. The number of hydrogen-bond acceptors (Lipinski definition) is 2. The van der Waals surface area contributed by atoms with Crippen LogP contribution in [0.5, 0.6) is 0 Å². The van der Waals surface area contributed by atoms with E-state index in [0.717, 1.165) is 17.2 Å². The largest absolute Gasteiger partial charge is 0.365 e. The second kappa shape index (κ2) is 5.73. The van der Waals surface area contributed by atoms with E-state index in [1.165, 1.54) is 10.9 Å². The van der Waals surface area contributed by atoms with E-state index >= 15 is 0 Å². The first-order chi connectivity index (χ1) is 10.8. The number of hydrogen-bond donors (Lipinski definition) is 1. The number of pyridine rings is 1. The van der Waals surface area contributed by atoms with Gasteiger partial charge in [0.25, 0.3) is 0 Å². The molecule has 3 aromatic rings. The Morgan fingerprint density at radius 2 is 1.83 bits per heavy atom. The zero-order chi connectivity index (χ0) is 16.6. The maximum Gasteiger partial charge on any atom is 0.139 e. The van der Waals surface area contributed by atoms with Crippen LogP contribution in [0.1, 0.15) is 40.3 Å². The summed E-state index contributed by atoms with van der Waals surface area (Å²) in [6.07, 6.45) is 4.32. The van der Waals surface area contributed by atoms with Crippen molar-refractivity contribution in [3.8, 4) is 0 Å². The Hall–Kier alpha value is -2.29. The molecule has 0 unspecified atom stereocenters. The molecule has 0 fully saturated rings. The zero-order valence-corrected chi connectivity index (χ0v) is 14.6. The van der Waals surface area contributed by atoms with Crippen molar-refractivity contribution >= 4 is 28.4 Å². The second-order valence-electron chi connectivity index (χ2n) is 7.41. The first kappa shape index (κ1) is 15.6. The van der Waals surface area contributed by atoms with Crippen molar-refractivity contribution < 1.29 is 0 Å². The van der Waals surface area contributed by atoms with E-state index in [2.05, 4.69) is 92.9 Å². The third-order valence-electron chi connectivity index (χ3n) is 3.65. The number of imidazole rings is 1. The lowest BCUT2D eigenvalue weighted by molar-refractivity contribution is 0.629. The van der Waals surface area contributed by atoms with Crippen LogP contribution in [0, 0.1) is 5.92 Å². The fourth-order valence-electron chi connectivity index (χ4n) is 2.68. The van der Waals surface area contributed by atoms with Crippen LogP contribution in [0.15, 0.2) is 42.5 Å². The van der Waals surface area contributed by atoms with E-state index < -0.39 is 0 Å². The molecule has 1 aromatic carbocycles. The highest BCUT2D eigenvalue weighted by Gasteiger charge is 2.18. The summed E-state index contributed by atoms with van der Waals surface area (Å²) < 4.78 is 2.22. The van der Waals surface area contributed by atoms with Gasteiger partial charge in [0.15, 0.2) is 0 Å². The normalized spacial score (nSPS) is 12.8. The van der Waals surface area contributed by atoms with Crippen molar-refractivity contribution in [3.63, 3.8) is 0 Å². The number of allylic oxidation sites excluding steroid dienone is 1. The van der Waals surface area contributed by atoms with Gasteiger partial charge in [0, 0.05) is 5.54 Å². The van der Waals surface area contributed by atoms with E-state index in [9.17, 15) is 0 Å². The number of nitrogens with zero attached hydrogens (tertiary/aromatic N) is 2. The number of benzene rings is 1. The van der Waals surface area contributed by atoms with Gasteiger partial charge in [-0.1, -0.05) is 38.1 Å². The quantitative estimate of drug-likeness (QED) is 0.705. The van der Waals surface area contributed by atoms with Crippen molar-refractivity contribution in [2.75, 3.05) is 5.32 Å². The molecule has 0 radical (unpaired) electrons. The Bertz CT molecular complexity index is 864. The average molecular weight is 307 g/mol. The first-order valence-corrected chi connectivity index (χ1v) is 8.22. The minimum Gasteiger partial charge on any atom is -0.365 e. The molecule has 2 aromatic heterocycles. The Kier molecular flexibility index (Phi) is 3.88. The summed E-state index contributed by atoms with van der Waals surface area (Å²) in [7, 11) is 0. The molecule has 0 aliphatic rings. The van der Waals surface area contributed by atoms with Gasteiger partial charge in [-0.05, 0) is 56.4 Å². The molecule has 2 heterocycles. The van der Waals surface area contributed by atoms with Gasteiger partial charge in [0.05, 0.1) is 5.52 Å². The van der Waals surface area contributed by atoms with Gasteiger partial charge >= 0.3 is 0 Å². The molecule has 0 bridgehead atoms. The summed E-state index contributed by atoms with van der Waals surface area (Å²) in [4.78, 5) is 4.83. The molecule has 0 atom stereocenters. The average Bonchev–Trinajstić information content (AvgIpc) is 2.81. The molecule has 3 heteroatoms. The predicted molar refractivity (Wildman–Crippen MR) is 99.9 cm³/mol. The summed E-state index contributed by atoms with van der Waals surface area (Å²) in [5.74, 6) is 1.56. The molecule has 0 aliphatic heterocycles. The molecule has 0 saturated heterocycles. The van der Waals surface area contributed by atoms with Crippen molar-refractivity contribution in [3.05, 3.63) is 48.2 Å². The van der Waals surface area contributed by atoms with Gasteiger partial charge in [0.1, 0.15) is 17.2 Å². The lowest BCUT2D eigenvalue weighted by Gasteiger charge is -2.22. The molecular formula is C20H25N3. The van der Waals surface area contributed by atoms with E-state index in [1.807, 2.05) is 0 Å². The lowest BCUT2D eigenvalue weighted by Crippen LogP contribution is -2.27. The Morgan fingerprint density at radius 3 is 2.52 bits per heavy atom. The summed E-state index contributed by atoms with van der Waals surface area (Å²) >= 11 is 0. The Morgan fingerprint density at radius 1 is 1.09 bits per heavy atom.